The summed E-state index contributed by atoms with van der Waals surface area (Å²) in [5.41, 5.74) is 1.27. The van der Waals surface area contributed by atoms with Gasteiger partial charge in [-0.3, -0.25) is 0 Å². The van der Waals surface area contributed by atoms with E-state index in [1.54, 1.807) is 7.11 Å². The first kappa shape index (κ1) is 8.84. The summed E-state index contributed by atoms with van der Waals surface area (Å²) in [6, 6.07) is 8.08. The van der Waals surface area contributed by atoms with Crippen LogP contribution in [-0.2, 0) is 6.42 Å². The molecule has 0 aliphatic heterocycles. The Labute approximate surface area is 85.2 Å². The summed E-state index contributed by atoms with van der Waals surface area (Å²) >= 11 is 1.40. The third-order valence-corrected chi connectivity index (χ3v) is 1.57. The molecule has 1 aromatic carbocycles. The number of hydrogen-bond acceptors (Lipinski definition) is 1. The fourth-order valence-electron chi connectivity index (χ4n) is 0.995. The maximum Gasteiger partial charge on any atom is 0.122 e. The summed E-state index contributed by atoms with van der Waals surface area (Å²) in [5.74, 6) is 0.991. The van der Waals surface area contributed by atoms with E-state index < -0.39 is 0 Å². The average Bonchev–Trinajstić information content (AvgIpc) is 2.20. The van der Waals surface area contributed by atoms with Crippen molar-refractivity contribution in [1.29, 1.82) is 0.594 Å². The van der Waals surface area contributed by atoms with Gasteiger partial charge in [0.25, 0.3) is 0 Å². The first-order valence-electron chi connectivity index (χ1n) is 3.88. The van der Waals surface area contributed by atoms with Gasteiger partial charge in [0.2, 0.25) is 0 Å². The molecule has 0 fully saturated rings. The van der Waals surface area contributed by atoms with Crippen LogP contribution in [0.15, 0.2) is 24.3 Å². The minimum absolute atomic E-state index is 0.991. The van der Waals surface area contributed by atoms with Crippen molar-refractivity contribution in [1.82, 2.24) is 0 Å². The molecule has 62 valence electrons. The van der Waals surface area contributed by atoms with E-state index in [2.05, 4.69) is 13.0 Å². The highest BCUT2D eigenvalue weighted by atomic mass is 127. The summed E-state index contributed by atoms with van der Waals surface area (Å²) < 4.78 is 10.9. The summed E-state index contributed by atoms with van der Waals surface area (Å²) in [6.45, 7) is 2.12. The number of methoxy groups -OCH3 is 1. The zero-order chi connectivity index (χ0) is 9.40. The summed E-state index contributed by atoms with van der Waals surface area (Å²) in [5, 5.41) is 0. The van der Waals surface area contributed by atoms with Crippen LogP contribution in [0, 0.1) is 0 Å². The molecule has 0 bridgehead atoms. The van der Waals surface area contributed by atoms with Gasteiger partial charge in [-0.15, -0.1) is 23.8 Å². The highest BCUT2D eigenvalue weighted by Crippen LogP contribution is 2.16. The lowest BCUT2D eigenvalue weighted by Crippen LogP contribution is -1.88. The van der Waals surface area contributed by atoms with Crippen LogP contribution in [0.25, 0.3) is 0 Å². The monoisotopic (exact) mass is 265 g/mol. The lowest BCUT2D eigenvalue weighted by Gasteiger charge is -2.03. The summed E-state index contributed by atoms with van der Waals surface area (Å²) in [6.07, 6.45) is 1.03. The van der Waals surface area contributed by atoms with Gasteiger partial charge in [-0.1, -0.05) is 25.1 Å². The van der Waals surface area contributed by atoms with Gasteiger partial charge < -0.3 is 4.74 Å². The number of hydrogen-bond donors (Lipinski definition) is 0. The van der Waals surface area contributed by atoms with Crippen molar-refractivity contribution < 1.29 is 4.74 Å². The third kappa shape index (κ3) is 2.69. The van der Waals surface area contributed by atoms with E-state index in [-0.39, 0.29) is 0 Å². The van der Waals surface area contributed by atoms with E-state index in [1.165, 1.54) is 29.3 Å². The fourth-order valence-corrected chi connectivity index (χ4v) is 0.995. The van der Waals surface area contributed by atoms with E-state index in [0.717, 1.165) is 12.2 Å². The van der Waals surface area contributed by atoms with Gasteiger partial charge in [0.05, 0.1) is 7.11 Å². The van der Waals surface area contributed by atoms with Gasteiger partial charge in [0.1, 0.15) is 6.34 Å². The highest BCUT2D eigenvalue weighted by Gasteiger charge is 1.95. The van der Waals surface area contributed by atoms with Crippen molar-refractivity contribution in [3.8, 4) is 5.75 Å². The summed E-state index contributed by atoms with van der Waals surface area (Å²) in [4.78, 5) is 0. The van der Waals surface area contributed by atoms with Crippen LogP contribution in [-0.4, -0.2) is 7.70 Å². The SMILES string of the molecule is CCc1ccccc1OC.[2H]I. The first-order chi connectivity index (χ1) is 5.88. The van der Waals surface area contributed by atoms with Crippen molar-refractivity contribution >= 4 is 23.8 Å². The van der Waals surface area contributed by atoms with E-state index in [1.807, 2.05) is 18.2 Å². The van der Waals surface area contributed by atoms with E-state index in [4.69, 9.17) is 5.33 Å². The molecule has 0 saturated carbocycles. The maximum atomic E-state index is 5.72. The second-order valence-corrected chi connectivity index (χ2v) is 2.17. The molecule has 0 spiro atoms. The molecule has 0 aliphatic carbocycles. The molecule has 1 aromatic rings. The number of benzene rings is 1. The molecule has 0 unspecified atom stereocenters. The predicted molar refractivity (Wildman–Crippen MR) is 57.8 cm³/mol. The Kier molecular flexibility index (Phi) is 4.35. The predicted octanol–water partition coefficient (Wildman–Crippen LogP) is 2.88. The first-order valence-corrected chi connectivity index (χ1v) is 3.50. The van der Waals surface area contributed by atoms with Crippen molar-refractivity contribution in [2.24, 2.45) is 0 Å². The Balaban J connectivity index is 0.000000561. The molecule has 0 N–H and O–H groups in total. The summed E-state index contributed by atoms with van der Waals surface area (Å²) in [7, 11) is 1.70. The van der Waals surface area contributed by atoms with Crippen LogP contribution in [0.3, 0.4) is 0 Å². The Bertz CT molecular complexity index is 192. The molecule has 0 saturated heterocycles. The van der Waals surface area contributed by atoms with Crippen LogP contribution < -0.4 is 4.74 Å². The average molecular weight is 265 g/mol. The van der Waals surface area contributed by atoms with E-state index in [0.29, 0.717) is 0 Å². The molecule has 0 amide bonds. The van der Waals surface area contributed by atoms with Crippen LogP contribution in [0.1, 0.15) is 12.5 Å². The van der Waals surface area contributed by atoms with Gasteiger partial charge in [0, 0.05) is 0 Å². The maximum absolute atomic E-state index is 5.72. The van der Waals surface area contributed by atoms with E-state index >= 15 is 0 Å². The molecule has 2 heteroatoms. The van der Waals surface area contributed by atoms with Gasteiger partial charge in [-0.05, 0) is 18.1 Å². The number of para-hydroxylation sites is 1. The highest BCUT2D eigenvalue weighted by molar-refractivity contribution is 14.0. The lowest BCUT2D eigenvalue weighted by molar-refractivity contribution is 0.410. The number of halogens is 1. The number of ether oxygens (including phenoxy) is 1. The van der Waals surface area contributed by atoms with E-state index in [9.17, 15) is 0 Å². The third-order valence-electron chi connectivity index (χ3n) is 1.57. The number of rotatable bonds is 2. The number of aryl methyl sites for hydroxylation is 1. The molecule has 1 nitrogen and oxygen atoms in total. The zero-order valence-electron chi connectivity index (χ0n) is 7.80. The quantitative estimate of drug-likeness (QED) is 0.747. The van der Waals surface area contributed by atoms with Crippen LogP contribution in [0.4, 0.5) is 0 Å². The van der Waals surface area contributed by atoms with Crippen molar-refractivity contribution in [2.45, 2.75) is 13.3 Å². The normalized spacial score (nSPS) is 9.18. The Morgan fingerprint density at radius 3 is 2.55 bits per heavy atom. The standard InChI is InChI=1S/C9H12O.HI/c1-3-8-6-4-5-7-9(8)10-2;/h4-7H,3H2,1-2H3;1H/i/hD. The lowest BCUT2D eigenvalue weighted by atomic mass is 10.1. The molecule has 0 aromatic heterocycles. The topological polar surface area (TPSA) is 9.23 Å². The second kappa shape index (κ2) is 5.41. The van der Waals surface area contributed by atoms with Crippen molar-refractivity contribution in [2.75, 3.05) is 7.11 Å². The molecule has 11 heavy (non-hydrogen) atoms. The molecule has 1 rings (SSSR count). The smallest absolute Gasteiger partial charge is 0.122 e. The molecule has 0 radical (unpaired) electrons. The molecular weight excluding hydrogens is 251 g/mol. The van der Waals surface area contributed by atoms with Gasteiger partial charge in [0.15, 0.2) is 0 Å². The van der Waals surface area contributed by atoms with Crippen molar-refractivity contribution in [3.63, 3.8) is 0 Å². The Hall–Kier alpha value is -0.250. The van der Waals surface area contributed by atoms with Crippen LogP contribution >= 0.6 is 23.8 Å². The molecule has 0 atom stereocenters. The second-order valence-electron chi connectivity index (χ2n) is 2.17. The van der Waals surface area contributed by atoms with Gasteiger partial charge >= 0.3 is 0 Å². The largest absolute Gasteiger partial charge is 0.496 e. The Morgan fingerprint density at radius 1 is 1.45 bits per heavy atom. The van der Waals surface area contributed by atoms with Crippen LogP contribution in [0.5, 0.6) is 5.75 Å². The van der Waals surface area contributed by atoms with Crippen LogP contribution in [0.2, 0.25) is 0 Å². The minimum Gasteiger partial charge on any atom is -0.496 e. The van der Waals surface area contributed by atoms with Gasteiger partial charge in [-0.25, -0.2) is 0 Å². The molecule has 0 aliphatic rings. The molecular formula is C9H13IO. The zero-order valence-corrected chi connectivity index (χ0v) is 8.96. The fraction of sp³-hybridized carbons (Fsp3) is 0.333. The van der Waals surface area contributed by atoms with Crippen molar-refractivity contribution in [3.05, 3.63) is 29.8 Å². The Morgan fingerprint density at radius 2 is 2.09 bits per heavy atom. The minimum atomic E-state index is 0.991. The molecule has 0 heterocycles. The van der Waals surface area contributed by atoms with Gasteiger partial charge in [-0.2, -0.15) is 0 Å².